The molecule has 0 aliphatic rings. The van der Waals surface area contributed by atoms with E-state index in [1.807, 2.05) is 5.38 Å². The molecule has 1 aromatic carbocycles. The number of thiazole rings is 1. The van der Waals surface area contributed by atoms with Crippen LogP contribution in [0.5, 0.6) is 0 Å². The van der Waals surface area contributed by atoms with Gasteiger partial charge in [-0.05, 0) is 6.07 Å². The van der Waals surface area contributed by atoms with Gasteiger partial charge < -0.3 is 0 Å². The molecule has 0 unspecified atom stereocenters. The lowest BCUT2D eigenvalue weighted by Crippen LogP contribution is -1.88. The molecule has 0 aliphatic carbocycles. The fourth-order valence-corrected chi connectivity index (χ4v) is 2.02. The van der Waals surface area contributed by atoms with E-state index in [1.54, 1.807) is 12.3 Å². The zero-order valence-corrected chi connectivity index (χ0v) is 8.96. The van der Waals surface area contributed by atoms with E-state index in [4.69, 9.17) is 11.6 Å². The van der Waals surface area contributed by atoms with Crippen molar-refractivity contribution in [2.24, 2.45) is 0 Å². The summed E-state index contributed by atoms with van der Waals surface area (Å²) in [5.41, 5.74) is 0.650. The van der Waals surface area contributed by atoms with Crippen LogP contribution in [-0.4, -0.2) is 9.91 Å². The van der Waals surface area contributed by atoms with E-state index >= 15 is 0 Å². The molecule has 1 aromatic heterocycles. The summed E-state index contributed by atoms with van der Waals surface area (Å²) in [4.78, 5) is 14.2. The smallest absolute Gasteiger partial charge is 0.258 e. The molecular weight excluding hydrogens is 236 g/mol. The first kappa shape index (κ1) is 10.1. The van der Waals surface area contributed by atoms with Crippen molar-refractivity contribution < 1.29 is 4.92 Å². The maximum Gasteiger partial charge on any atom is 0.271 e. The number of aromatic nitrogens is 1. The Balaban J connectivity index is 2.54. The second kappa shape index (κ2) is 3.96. The number of nitro benzene ring substituents is 1. The van der Waals surface area contributed by atoms with Crippen molar-refractivity contribution in [3.63, 3.8) is 0 Å². The molecule has 0 amide bonds. The van der Waals surface area contributed by atoms with Crippen molar-refractivity contribution >= 4 is 28.6 Å². The van der Waals surface area contributed by atoms with Gasteiger partial charge in [-0.3, -0.25) is 10.1 Å². The van der Waals surface area contributed by atoms with Crippen LogP contribution in [0.15, 0.2) is 29.8 Å². The molecule has 6 heteroatoms. The van der Waals surface area contributed by atoms with Gasteiger partial charge in [-0.25, -0.2) is 4.98 Å². The number of hydrogen-bond acceptors (Lipinski definition) is 4. The molecule has 15 heavy (non-hydrogen) atoms. The Hall–Kier alpha value is -1.46. The Bertz CT molecular complexity index is 499. The summed E-state index contributed by atoms with van der Waals surface area (Å²) in [6.07, 6.45) is 1.65. The molecule has 0 aliphatic heterocycles. The normalized spacial score (nSPS) is 10.2. The highest BCUT2D eigenvalue weighted by molar-refractivity contribution is 7.13. The number of rotatable bonds is 2. The van der Waals surface area contributed by atoms with Crippen molar-refractivity contribution in [1.82, 2.24) is 4.98 Å². The standard InChI is InChI=1S/C9H5ClN2O2S/c10-7-3-6(9-11-1-2-15-9)4-8(5-7)12(13)14/h1-5H. The van der Waals surface area contributed by atoms with Gasteiger partial charge in [0.25, 0.3) is 5.69 Å². The summed E-state index contributed by atoms with van der Waals surface area (Å²) in [6.45, 7) is 0. The number of nitrogens with zero attached hydrogens (tertiary/aromatic N) is 2. The number of halogens is 1. The second-order valence-electron chi connectivity index (χ2n) is 2.79. The van der Waals surface area contributed by atoms with Crippen LogP contribution in [-0.2, 0) is 0 Å². The Kier molecular flexibility index (Phi) is 2.66. The van der Waals surface area contributed by atoms with Gasteiger partial charge in [-0.1, -0.05) is 11.6 Å². The lowest BCUT2D eigenvalue weighted by Gasteiger charge is -1.98. The third kappa shape index (κ3) is 2.14. The summed E-state index contributed by atoms with van der Waals surface area (Å²) in [7, 11) is 0. The fraction of sp³-hybridized carbons (Fsp3) is 0. The number of benzene rings is 1. The summed E-state index contributed by atoms with van der Waals surface area (Å²) in [5, 5.41) is 13.5. The highest BCUT2D eigenvalue weighted by atomic mass is 35.5. The Morgan fingerprint density at radius 2 is 2.20 bits per heavy atom. The van der Waals surface area contributed by atoms with Gasteiger partial charge in [0.1, 0.15) is 5.01 Å². The SMILES string of the molecule is O=[N+]([O-])c1cc(Cl)cc(-c2nccs2)c1. The van der Waals surface area contributed by atoms with E-state index in [9.17, 15) is 10.1 Å². The molecule has 2 rings (SSSR count). The Labute approximate surface area is 94.3 Å². The van der Waals surface area contributed by atoms with Crippen LogP contribution in [0.3, 0.4) is 0 Å². The third-order valence-electron chi connectivity index (χ3n) is 1.77. The molecular formula is C9H5ClN2O2S. The van der Waals surface area contributed by atoms with Crippen LogP contribution < -0.4 is 0 Å². The molecule has 2 aromatic rings. The van der Waals surface area contributed by atoms with Crippen molar-refractivity contribution in [3.8, 4) is 10.6 Å². The van der Waals surface area contributed by atoms with E-state index in [-0.39, 0.29) is 5.69 Å². The van der Waals surface area contributed by atoms with Gasteiger partial charge in [0.05, 0.1) is 4.92 Å². The van der Waals surface area contributed by atoms with E-state index in [0.717, 1.165) is 5.01 Å². The minimum atomic E-state index is -0.469. The molecule has 0 radical (unpaired) electrons. The van der Waals surface area contributed by atoms with Crippen LogP contribution in [0.1, 0.15) is 0 Å². The van der Waals surface area contributed by atoms with Crippen molar-refractivity contribution in [1.29, 1.82) is 0 Å². The predicted molar refractivity (Wildman–Crippen MR) is 59.2 cm³/mol. The molecule has 0 fully saturated rings. The Morgan fingerprint density at radius 1 is 1.40 bits per heavy atom. The van der Waals surface area contributed by atoms with Crippen LogP contribution in [0.25, 0.3) is 10.6 Å². The highest BCUT2D eigenvalue weighted by Crippen LogP contribution is 2.29. The average molecular weight is 241 g/mol. The molecule has 0 spiro atoms. The zero-order valence-electron chi connectivity index (χ0n) is 7.38. The van der Waals surface area contributed by atoms with Crippen LogP contribution in [0, 0.1) is 10.1 Å². The van der Waals surface area contributed by atoms with Gasteiger partial charge in [0.15, 0.2) is 0 Å². The van der Waals surface area contributed by atoms with Gasteiger partial charge >= 0.3 is 0 Å². The van der Waals surface area contributed by atoms with Gasteiger partial charge in [-0.15, -0.1) is 11.3 Å². The maximum atomic E-state index is 10.6. The molecule has 1 heterocycles. The molecule has 0 saturated carbocycles. The summed E-state index contributed by atoms with van der Waals surface area (Å²) >= 11 is 7.20. The van der Waals surface area contributed by atoms with E-state index in [1.165, 1.54) is 23.5 Å². The minimum absolute atomic E-state index is 0.0206. The quantitative estimate of drug-likeness (QED) is 0.597. The van der Waals surface area contributed by atoms with Crippen LogP contribution in [0.4, 0.5) is 5.69 Å². The van der Waals surface area contributed by atoms with Crippen LogP contribution >= 0.6 is 22.9 Å². The van der Waals surface area contributed by atoms with Crippen molar-refractivity contribution in [2.45, 2.75) is 0 Å². The first-order valence-corrected chi connectivity index (χ1v) is 5.27. The fourth-order valence-electron chi connectivity index (χ4n) is 1.17. The first-order valence-electron chi connectivity index (χ1n) is 4.01. The molecule has 0 N–H and O–H groups in total. The topological polar surface area (TPSA) is 56.0 Å². The molecule has 4 nitrogen and oxygen atoms in total. The van der Waals surface area contributed by atoms with E-state index in [2.05, 4.69) is 4.98 Å². The summed E-state index contributed by atoms with van der Waals surface area (Å²) in [6, 6.07) is 4.44. The molecule has 0 bridgehead atoms. The number of hydrogen-bond donors (Lipinski definition) is 0. The second-order valence-corrected chi connectivity index (χ2v) is 4.12. The van der Waals surface area contributed by atoms with Crippen LogP contribution in [0.2, 0.25) is 5.02 Å². The lowest BCUT2D eigenvalue weighted by molar-refractivity contribution is -0.384. The van der Waals surface area contributed by atoms with Gasteiger partial charge in [0.2, 0.25) is 0 Å². The first-order chi connectivity index (χ1) is 7.16. The zero-order chi connectivity index (χ0) is 10.8. The lowest BCUT2D eigenvalue weighted by atomic mass is 10.2. The summed E-state index contributed by atoms with van der Waals surface area (Å²) < 4.78 is 0. The molecule has 76 valence electrons. The van der Waals surface area contributed by atoms with E-state index in [0.29, 0.717) is 10.6 Å². The van der Waals surface area contributed by atoms with Gasteiger partial charge in [0, 0.05) is 34.3 Å². The largest absolute Gasteiger partial charge is 0.271 e. The molecule has 0 atom stereocenters. The molecule has 0 saturated heterocycles. The number of non-ortho nitro benzene ring substituents is 1. The number of nitro groups is 1. The predicted octanol–water partition coefficient (Wildman–Crippen LogP) is 3.37. The average Bonchev–Trinajstić information content (AvgIpc) is 2.69. The Morgan fingerprint density at radius 3 is 2.80 bits per heavy atom. The monoisotopic (exact) mass is 240 g/mol. The van der Waals surface area contributed by atoms with Crippen molar-refractivity contribution in [3.05, 3.63) is 44.9 Å². The maximum absolute atomic E-state index is 10.6. The van der Waals surface area contributed by atoms with Crippen molar-refractivity contribution in [2.75, 3.05) is 0 Å². The van der Waals surface area contributed by atoms with E-state index < -0.39 is 4.92 Å². The van der Waals surface area contributed by atoms with Gasteiger partial charge in [-0.2, -0.15) is 0 Å². The minimum Gasteiger partial charge on any atom is -0.258 e. The third-order valence-corrected chi connectivity index (χ3v) is 2.81. The highest BCUT2D eigenvalue weighted by Gasteiger charge is 2.11. The summed E-state index contributed by atoms with van der Waals surface area (Å²) in [5.74, 6) is 0.